The van der Waals surface area contributed by atoms with Crippen molar-refractivity contribution < 1.29 is 9.53 Å². The highest BCUT2D eigenvalue weighted by atomic mass is 32.1. The summed E-state index contributed by atoms with van der Waals surface area (Å²) in [7, 11) is 0. The smallest absolute Gasteiger partial charge is 0.224 e. The molecule has 1 aliphatic rings. The normalized spacial score (nSPS) is 13.7. The SMILES string of the molecule is CCCc1nc(COc2ccc3c(c2)NC(=O)CC3)cs1. The quantitative estimate of drug-likeness (QED) is 0.918. The van der Waals surface area contributed by atoms with Crippen LogP contribution in [0.25, 0.3) is 0 Å². The van der Waals surface area contributed by atoms with Crippen molar-refractivity contribution in [2.24, 2.45) is 0 Å². The molecule has 1 aliphatic heterocycles. The van der Waals surface area contributed by atoms with Crippen LogP contribution in [0.4, 0.5) is 5.69 Å². The van der Waals surface area contributed by atoms with E-state index >= 15 is 0 Å². The summed E-state index contributed by atoms with van der Waals surface area (Å²) in [5.74, 6) is 0.837. The number of aromatic nitrogens is 1. The molecule has 0 fully saturated rings. The fourth-order valence-corrected chi connectivity index (χ4v) is 3.23. The van der Waals surface area contributed by atoms with Crippen LogP contribution in [0.5, 0.6) is 5.75 Å². The lowest BCUT2D eigenvalue weighted by atomic mass is 10.0. The number of aryl methyl sites for hydroxylation is 2. The van der Waals surface area contributed by atoms with E-state index in [4.69, 9.17) is 4.74 Å². The summed E-state index contributed by atoms with van der Waals surface area (Å²) < 4.78 is 5.78. The topological polar surface area (TPSA) is 51.2 Å². The average molecular weight is 302 g/mol. The number of thiazole rings is 1. The minimum absolute atomic E-state index is 0.0726. The van der Waals surface area contributed by atoms with Crippen LogP contribution in [0.3, 0.4) is 0 Å². The number of benzene rings is 1. The van der Waals surface area contributed by atoms with Crippen LogP contribution in [0.15, 0.2) is 23.6 Å². The fourth-order valence-electron chi connectivity index (χ4n) is 2.34. The summed E-state index contributed by atoms with van der Waals surface area (Å²) in [5, 5.41) is 6.09. The molecule has 5 heteroatoms. The number of hydrogen-bond acceptors (Lipinski definition) is 4. The third-order valence-corrected chi connectivity index (χ3v) is 4.38. The third kappa shape index (κ3) is 3.42. The molecule has 1 aromatic heterocycles. The van der Waals surface area contributed by atoms with Crippen molar-refractivity contribution in [3.63, 3.8) is 0 Å². The number of carbonyl (C=O) groups excluding carboxylic acids is 1. The molecule has 0 aliphatic carbocycles. The third-order valence-electron chi connectivity index (χ3n) is 3.43. The number of anilines is 1. The predicted molar refractivity (Wildman–Crippen MR) is 83.8 cm³/mol. The lowest BCUT2D eigenvalue weighted by Gasteiger charge is -2.17. The molecule has 0 saturated carbocycles. The van der Waals surface area contributed by atoms with Crippen molar-refractivity contribution in [3.8, 4) is 5.75 Å². The van der Waals surface area contributed by atoms with E-state index in [1.807, 2.05) is 23.6 Å². The first-order valence-electron chi connectivity index (χ1n) is 7.23. The number of nitrogens with zero attached hydrogens (tertiary/aromatic N) is 1. The first-order valence-corrected chi connectivity index (χ1v) is 8.11. The molecule has 0 spiro atoms. The van der Waals surface area contributed by atoms with Crippen LogP contribution < -0.4 is 10.1 Å². The molecule has 0 atom stereocenters. The van der Waals surface area contributed by atoms with Crippen LogP contribution in [-0.2, 0) is 24.2 Å². The zero-order valence-corrected chi connectivity index (χ0v) is 12.8. The maximum atomic E-state index is 11.4. The van der Waals surface area contributed by atoms with E-state index in [1.165, 1.54) is 5.56 Å². The number of hydrogen-bond donors (Lipinski definition) is 1. The highest BCUT2D eigenvalue weighted by Crippen LogP contribution is 2.27. The van der Waals surface area contributed by atoms with Crippen LogP contribution in [0, 0.1) is 0 Å². The minimum atomic E-state index is 0.0726. The Morgan fingerprint density at radius 2 is 2.29 bits per heavy atom. The Kier molecular flexibility index (Phi) is 4.20. The van der Waals surface area contributed by atoms with E-state index in [2.05, 4.69) is 17.2 Å². The van der Waals surface area contributed by atoms with E-state index in [0.29, 0.717) is 13.0 Å². The Labute approximate surface area is 128 Å². The van der Waals surface area contributed by atoms with Gasteiger partial charge in [0.25, 0.3) is 0 Å². The molecule has 0 radical (unpaired) electrons. The first-order chi connectivity index (χ1) is 10.2. The standard InChI is InChI=1S/C16H18N2O2S/c1-2-3-16-17-12(10-21-16)9-20-13-6-4-11-5-7-15(19)18-14(11)8-13/h4,6,8,10H,2-3,5,7,9H2,1H3,(H,18,19). The van der Waals surface area contributed by atoms with E-state index in [0.717, 1.165) is 41.4 Å². The molecule has 4 nitrogen and oxygen atoms in total. The fraction of sp³-hybridized carbons (Fsp3) is 0.375. The Hall–Kier alpha value is -1.88. The second-order valence-corrected chi connectivity index (χ2v) is 6.08. The first kappa shape index (κ1) is 14.1. The van der Waals surface area contributed by atoms with Gasteiger partial charge in [-0.15, -0.1) is 11.3 Å². The maximum absolute atomic E-state index is 11.4. The Morgan fingerprint density at radius 3 is 3.14 bits per heavy atom. The van der Waals surface area contributed by atoms with Gasteiger partial charge in [0, 0.05) is 23.6 Å². The number of nitrogens with one attached hydrogen (secondary N) is 1. The molecule has 1 aromatic carbocycles. The van der Waals surface area contributed by atoms with Gasteiger partial charge in [0.1, 0.15) is 12.4 Å². The summed E-state index contributed by atoms with van der Waals surface area (Å²) in [6.45, 7) is 2.62. The molecule has 110 valence electrons. The summed E-state index contributed by atoms with van der Waals surface area (Å²) in [6, 6.07) is 5.87. The molecule has 0 saturated heterocycles. The second-order valence-electron chi connectivity index (χ2n) is 5.14. The maximum Gasteiger partial charge on any atom is 0.224 e. The van der Waals surface area contributed by atoms with Gasteiger partial charge in [-0.05, 0) is 30.9 Å². The van der Waals surface area contributed by atoms with Crippen molar-refractivity contribution >= 4 is 22.9 Å². The summed E-state index contributed by atoms with van der Waals surface area (Å²) in [6.07, 6.45) is 3.49. The Balaban J connectivity index is 1.65. The molecular formula is C16H18N2O2S. The lowest BCUT2D eigenvalue weighted by Crippen LogP contribution is -2.18. The highest BCUT2D eigenvalue weighted by Gasteiger charge is 2.15. The predicted octanol–water partition coefficient (Wildman–Crippen LogP) is 3.56. The number of amides is 1. The highest BCUT2D eigenvalue weighted by molar-refractivity contribution is 7.09. The molecule has 0 bridgehead atoms. The zero-order chi connectivity index (χ0) is 14.7. The number of fused-ring (bicyclic) bond motifs is 1. The number of ether oxygens (including phenoxy) is 1. The zero-order valence-electron chi connectivity index (χ0n) is 12.0. The van der Waals surface area contributed by atoms with Gasteiger partial charge in [-0.25, -0.2) is 4.98 Å². The van der Waals surface area contributed by atoms with Crippen molar-refractivity contribution in [1.82, 2.24) is 4.98 Å². The Bertz CT molecular complexity index is 651. The van der Waals surface area contributed by atoms with Crippen LogP contribution in [0.1, 0.15) is 36.0 Å². The van der Waals surface area contributed by atoms with Crippen LogP contribution >= 0.6 is 11.3 Å². The van der Waals surface area contributed by atoms with Gasteiger partial charge >= 0.3 is 0 Å². The van der Waals surface area contributed by atoms with E-state index in [1.54, 1.807) is 11.3 Å². The van der Waals surface area contributed by atoms with Crippen LogP contribution in [-0.4, -0.2) is 10.9 Å². The molecular weight excluding hydrogens is 284 g/mol. The van der Waals surface area contributed by atoms with Crippen molar-refractivity contribution in [2.45, 2.75) is 39.2 Å². The summed E-state index contributed by atoms with van der Waals surface area (Å²) in [5.41, 5.74) is 3.00. The number of rotatable bonds is 5. The minimum Gasteiger partial charge on any atom is -0.487 e. The second kappa shape index (κ2) is 6.26. The molecule has 1 N–H and O–H groups in total. The summed E-state index contributed by atoms with van der Waals surface area (Å²) in [4.78, 5) is 16.0. The van der Waals surface area contributed by atoms with Crippen LogP contribution in [0.2, 0.25) is 0 Å². The monoisotopic (exact) mass is 302 g/mol. The van der Waals surface area contributed by atoms with Gasteiger partial charge in [-0.3, -0.25) is 4.79 Å². The molecule has 3 rings (SSSR count). The van der Waals surface area contributed by atoms with Crippen molar-refractivity contribution in [3.05, 3.63) is 39.8 Å². The summed E-state index contributed by atoms with van der Waals surface area (Å²) >= 11 is 1.68. The van der Waals surface area contributed by atoms with Crippen molar-refractivity contribution in [1.29, 1.82) is 0 Å². The van der Waals surface area contributed by atoms with E-state index in [-0.39, 0.29) is 5.91 Å². The van der Waals surface area contributed by atoms with Crippen molar-refractivity contribution in [2.75, 3.05) is 5.32 Å². The van der Waals surface area contributed by atoms with E-state index < -0.39 is 0 Å². The molecule has 1 amide bonds. The largest absolute Gasteiger partial charge is 0.487 e. The molecule has 21 heavy (non-hydrogen) atoms. The Morgan fingerprint density at radius 1 is 1.38 bits per heavy atom. The van der Waals surface area contributed by atoms with Gasteiger partial charge in [0.15, 0.2) is 0 Å². The van der Waals surface area contributed by atoms with Gasteiger partial charge in [0.05, 0.1) is 10.7 Å². The average Bonchev–Trinajstić information content (AvgIpc) is 2.93. The molecule has 2 aromatic rings. The van der Waals surface area contributed by atoms with Gasteiger partial charge < -0.3 is 10.1 Å². The van der Waals surface area contributed by atoms with Gasteiger partial charge in [-0.1, -0.05) is 13.0 Å². The van der Waals surface area contributed by atoms with E-state index in [9.17, 15) is 4.79 Å². The van der Waals surface area contributed by atoms with Gasteiger partial charge in [-0.2, -0.15) is 0 Å². The van der Waals surface area contributed by atoms with Gasteiger partial charge in [0.2, 0.25) is 5.91 Å². The lowest BCUT2D eigenvalue weighted by molar-refractivity contribution is -0.116. The molecule has 2 heterocycles. The molecule has 0 unspecified atom stereocenters. The number of carbonyl (C=O) groups is 1.